The molecule has 2 N–H and O–H groups in total. The van der Waals surface area contributed by atoms with Gasteiger partial charge >= 0.3 is 12.1 Å². The molecule has 3 atom stereocenters. The van der Waals surface area contributed by atoms with Gasteiger partial charge in [0.2, 0.25) is 0 Å². The average Bonchev–Trinajstić information content (AvgIpc) is 3.67. The van der Waals surface area contributed by atoms with Gasteiger partial charge in [-0.3, -0.25) is 24.7 Å². The SMILES string of the molecule is CCC(C)Oc1ccc(-c2nc(NC(=O)c3cnc(N4CCN(CC(=O)O)C[C@H]4C)cn3)sc2CN2CCC[C@@H]2CC)cc1C(F)(F)F. The summed E-state index contributed by atoms with van der Waals surface area (Å²) in [4.78, 5) is 44.7. The zero-order valence-corrected chi connectivity index (χ0v) is 28.4. The number of carbonyl (C=O) groups is 2. The summed E-state index contributed by atoms with van der Waals surface area (Å²) in [5, 5.41) is 12.1. The fraction of sp³-hybridized carbons (Fsp3) is 0.545. The number of nitrogens with zero attached hydrogens (tertiary/aromatic N) is 6. The van der Waals surface area contributed by atoms with Gasteiger partial charge in [0.25, 0.3) is 5.91 Å². The molecule has 2 fully saturated rings. The van der Waals surface area contributed by atoms with E-state index in [4.69, 9.17) is 9.84 Å². The molecule has 3 aromatic rings. The van der Waals surface area contributed by atoms with Crippen molar-refractivity contribution in [1.82, 2.24) is 24.8 Å². The number of halogens is 3. The summed E-state index contributed by atoms with van der Waals surface area (Å²) in [5.74, 6) is -1.07. The highest BCUT2D eigenvalue weighted by molar-refractivity contribution is 7.16. The third-order valence-corrected chi connectivity index (χ3v) is 9.89. The number of carbonyl (C=O) groups excluding carboxylic acids is 1. The second kappa shape index (κ2) is 15.2. The number of carboxylic acid groups (broad SMARTS) is 1. The first-order valence-corrected chi connectivity index (χ1v) is 17.1. The Balaban J connectivity index is 1.38. The van der Waals surface area contributed by atoms with Gasteiger partial charge in [-0.2, -0.15) is 13.2 Å². The Kier molecular flexibility index (Phi) is 11.2. The predicted octanol–water partition coefficient (Wildman–Crippen LogP) is 6.02. The Morgan fingerprint density at radius 2 is 1.96 bits per heavy atom. The number of alkyl halides is 3. The molecule has 2 saturated heterocycles. The molecule has 15 heteroatoms. The zero-order chi connectivity index (χ0) is 34.6. The van der Waals surface area contributed by atoms with Gasteiger partial charge in [-0.15, -0.1) is 0 Å². The second-order valence-electron chi connectivity index (χ2n) is 12.4. The van der Waals surface area contributed by atoms with Crippen LogP contribution in [0.4, 0.5) is 24.1 Å². The molecule has 0 aliphatic carbocycles. The first-order chi connectivity index (χ1) is 22.9. The second-order valence-corrected chi connectivity index (χ2v) is 13.5. The van der Waals surface area contributed by atoms with Crippen LogP contribution in [0.1, 0.15) is 74.3 Å². The number of ether oxygens (including phenoxy) is 1. The molecule has 1 amide bonds. The summed E-state index contributed by atoms with van der Waals surface area (Å²) >= 11 is 1.24. The van der Waals surface area contributed by atoms with Crippen LogP contribution in [0.15, 0.2) is 30.6 Å². The molecule has 11 nitrogen and oxygen atoms in total. The minimum absolute atomic E-state index is 0.00399. The normalized spacial score (nSPS) is 19.8. The van der Waals surface area contributed by atoms with Crippen LogP contribution in [0.2, 0.25) is 0 Å². The summed E-state index contributed by atoms with van der Waals surface area (Å²) in [7, 11) is 0. The largest absolute Gasteiger partial charge is 0.490 e. The van der Waals surface area contributed by atoms with Crippen LogP contribution in [0.3, 0.4) is 0 Å². The van der Waals surface area contributed by atoms with E-state index < -0.39 is 23.6 Å². The number of piperazine rings is 1. The van der Waals surface area contributed by atoms with Gasteiger partial charge in [-0.05, 0) is 64.3 Å². The number of aromatic nitrogens is 3. The molecule has 1 aromatic carbocycles. The molecular weight excluding hydrogens is 647 g/mol. The van der Waals surface area contributed by atoms with E-state index in [2.05, 4.69) is 32.1 Å². The van der Waals surface area contributed by atoms with Crippen LogP contribution in [0.25, 0.3) is 11.3 Å². The van der Waals surface area contributed by atoms with Gasteiger partial charge in [0, 0.05) is 48.7 Å². The average molecular weight is 690 g/mol. The Labute approximate surface area is 282 Å². The van der Waals surface area contributed by atoms with Crippen molar-refractivity contribution in [1.29, 1.82) is 0 Å². The lowest BCUT2D eigenvalue weighted by atomic mass is 10.1. The van der Waals surface area contributed by atoms with E-state index in [1.165, 1.54) is 29.8 Å². The van der Waals surface area contributed by atoms with Gasteiger partial charge in [-0.25, -0.2) is 15.0 Å². The maximum Gasteiger partial charge on any atom is 0.419 e. The smallest absolute Gasteiger partial charge is 0.419 e. The Bertz CT molecular complexity index is 1590. The number of aliphatic carboxylic acids is 1. The molecule has 5 rings (SSSR count). The van der Waals surface area contributed by atoms with Crippen molar-refractivity contribution in [2.24, 2.45) is 0 Å². The lowest BCUT2D eigenvalue weighted by molar-refractivity contribution is -0.139. The first kappa shape index (κ1) is 35.5. The Hall–Kier alpha value is -3.82. The molecule has 2 aliphatic heterocycles. The van der Waals surface area contributed by atoms with Crippen molar-refractivity contribution in [2.75, 3.05) is 42.9 Å². The van der Waals surface area contributed by atoms with E-state index in [1.807, 2.05) is 23.6 Å². The number of carboxylic acids is 1. The van der Waals surface area contributed by atoms with Gasteiger partial charge in [0.1, 0.15) is 17.3 Å². The van der Waals surface area contributed by atoms with Gasteiger partial charge < -0.3 is 14.7 Å². The number of benzene rings is 1. The van der Waals surface area contributed by atoms with Crippen molar-refractivity contribution in [2.45, 2.75) is 84.3 Å². The summed E-state index contributed by atoms with van der Waals surface area (Å²) in [6.45, 7) is 10.7. The van der Waals surface area contributed by atoms with Gasteiger partial charge in [0.15, 0.2) is 5.13 Å². The molecule has 0 bridgehead atoms. The van der Waals surface area contributed by atoms with Crippen molar-refractivity contribution in [3.05, 3.63) is 46.7 Å². The third kappa shape index (κ3) is 8.42. The molecular formula is C33H42F3N7O4S. The monoisotopic (exact) mass is 689 g/mol. The van der Waals surface area contributed by atoms with Crippen molar-refractivity contribution in [3.63, 3.8) is 0 Å². The first-order valence-electron chi connectivity index (χ1n) is 16.3. The molecule has 0 saturated carbocycles. The standard InChI is InChI=1S/C33H42F3N7O4S/c1-5-21(4)47-26-10-9-22(14-24(26)33(34,35)36)30-27(18-42-11-7-8-23(42)6-2)48-32(39-30)40-31(46)25-15-38-28(16-37-25)43-13-12-41(17-20(43)3)19-29(44)45/h9-10,14-16,20-21,23H,5-8,11-13,17-19H2,1-4H3,(H,44,45)(H,39,40,46)/t20-,21?,23+/m1/s1. The molecule has 2 aromatic heterocycles. The van der Waals surface area contributed by atoms with Crippen LogP contribution >= 0.6 is 11.3 Å². The minimum Gasteiger partial charge on any atom is -0.490 e. The fourth-order valence-electron chi connectivity index (χ4n) is 6.25. The topological polar surface area (TPSA) is 124 Å². The highest BCUT2D eigenvalue weighted by Gasteiger charge is 2.36. The predicted molar refractivity (Wildman–Crippen MR) is 178 cm³/mol. The Morgan fingerprint density at radius 3 is 2.60 bits per heavy atom. The van der Waals surface area contributed by atoms with Gasteiger partial charge in [-0.1, -0.05) is 25.2 Å². The van der Waals surface area contributed by atoms with Crippen LogP contribution in [-0.2, 0) is 17.5 Å². The van der Waals surface area contributed by atoms with E-state index in [9.17, 15) is 22.8 Å². The number of likely N-dealkylation sites (tertiary alicyclic amines) is 1. The van der Waals surface area contributed by atoms with E-state index in [1.54, 1.807) is 13.0 Å². The lowest BCUT2D eigenvalue weighted by Crippen LogP contribution is -2.53. The minimum atomic E-state index is -4.64. The van der Waals surface area contributed by atoms with Crippen LogP contribution in [-0.4, -0.2) is 92.6 Å². The number of hydrogen-bond donors (Lipinski definition) is 2. The maximum atomic E-state index is 14.2. The van der Waals surface area contributed by atoms with Crippen molar-refractivity contribution >= 4 is 34.2 Å². The summed E-state index contributed by atoms with van der Waals surface area (Å²) in [6.07, 6.45) is 1.48. The van der Waals surface area contributed by atoms with E-state index in [0.717, 1.165) is 36.8 Å². The zero-order valence-electron chi connectivity index (χ0n) is 27.6. The number of rotatable bonds is 12. The highest BCUT2D eigenvalue weighted by Crippen LogP contribution is 2.41. The molecule has 4 heterocycles. The maximum absolute atomic E-state index is 14.2. The van der Waals surface area contributed by atoms with Crippen LogP contribution in [0.5, 0.6) is 5.75 Å². The summed E-state index contributed by atoms with van der Waals surface area (Å²) in [6, 6.07) is 4.38. The quantitative estimate of drug-likeness (QED) is 0.234. The fourth-order valence-corrected chi connectivity index (χ4v) is 7.25. The summed E-state index contributed by atoms with van der Waals surface area (Å²) in [5.41, 5.74) is -0.134. The summed E-state index contributed by atoms with van der Waals surface area (Å²) < 4.78 is 48.3. The molecule has 48 heavy (non-hydrogen) atoms. The number of amides is 1. The molecule has 2 aliphatic rings. The number of hydrogen-bond acceptors (Lipinski definition) is 10. The van der Waals surface area contributed by atoms with E-state index in [-0.39, 0.29) is 35.3 Å². The lowest BCUT2D eigenvalue weighted by Gasteiger charge is -2.39. The number of nitrogens with one attached hydrogen (secondary N) is 1. The molecule has 0 spiro atoms. The van der Waals surface area contributed by atoms with Gasteiger partial charge in [0.05, 0.1) is 36.3 Å². The Morgan fingerprint density at radius 1 is 1.17 bits per heavy atom. The van der Waals surface area contributed by atoms with Crippen LogP contribution < -0.4 is 15.0 Å². The highest BCUT2D eigenvalue weighted by atomic mass is 32.1. The van der Waals surface area contributed by atoms with Crippen molar-refractivity contribution < 1.29 is 32.6 Å². The number of thiazole rings is 1. The van der Waals surface area contributed by atoms with Crippen molar-refractivity contribution in [3.8, 4) is 17.0 Å². The number of anilines is 2. The van der Waals surface area contributed by atoms with E-state index >= 15 is 0 Å². The molecule has 1 unspecified atom stereocenters. The van der Waals surface area contributed by atoms with Crippen LogP contribution in [0, 0.1) is 0 Å². The molecule has 0 radical (unpaired) electrons. The third-order valence-electron chi connectivity index (χ3n) is 8.93. The van der Waals surface area contributed by atoms with E-state index in [0.29, 0.717) is 55.7 Å². The molecule has 260 valence electrons.